The van der Waals surface area contributed by atoms with E-state index in [4.69, 9.17) is 27.9 Å². The number of hydrogen-bond donors (Lipinski definition) is 1. The number of carbonyl (C=O) groups excluding carboxylic acids is 1. The zero-order valence-electron chi connectivity index (χ0n) is 13.3. The number of hydrogen-bond acceptors (Lipinski definition) is 4. The van der Waals surface area contributed by atoms with Crippen LogP contribution in [0.1, 0.15) is 5.56 Å². The topological polar surface area (TPSA) is 51.2 Å². The van der Waals surface area contributed by atoms with Crippen LogP contribution in [0.5, 0.6) is 5.75 Å². The molecule has 128 valence electrons. The van der Waals surface area contributed by atoms with Crippen LogP contribution in [0.25, 0.3) is 11.3 Å². The standard InChI is InChI=1S/C18H14Cl2N2O2S/c1-11-4-2-3-5-16(11)24-9-17(23)22-18-21-15(10-25-18)13-7-6-12(19)8-14(13)20/h2-8,10H,9H2,1H3,(H,21,22,23). The van der Waals surface area contributed by atoms with Crippen molar-refractivity contribution in [2.75, 3.05) is 11.9 Å². The van der Waals surface area contributed by atoms with Gasteiger partial charge >= 0.3 is 0 Å². The van der Waals surface area contributed by atoms with Crippen LogP contribution < -0.4 is 10.1 Å². The fraction of sp³-hybridized carbons (Fsp3) is 0.111. The molecule has 7 heteroatoms. The number of nitrogens with zero attached hydrogens (tertiary/aromatic N) is 1. The van der Waals surface area contributed by atoms with Crippen molar-refractivity contribution in [2.45, 2.75) is 6.92 Å². The summed E-state index contributed by atoms with van der Waals surface area (Å²) < 4.78 is 5.52. The second-order valence-corrected chi connectivity index (χ2v) is 6.97. The first-order valence-electron chi connectivity index (χ1n) is 7.42. The zero-order valence-corrected chi connectivity index (χ0v) is 15.6. The van der Waals surface area contributed by atoms with Gasteiger partial charge in [-0.15, -0.1) is 11.3 Å². The van der Waals surface area contributed by atoms with E-state index in [1.165, 1.54) is 11.3 Å². The molecule has 0 bridgehead atoms. The fourth-order valence-electron chi connectivity index (χ4n) is 2.17. The molecule has 0 saturated carbocycles. The molecule has 0 fully saturated rings. The molecule has 2 aromatic carbocycles. The number of halogens is 2. The maximum Gasteiger partial charge on any atom is 0.264 e. The highest BCUT2D eigenvalue weighted by Crippen LogP contribution is 2.32. The van der Waals surface area contributed by atoms with E-state index in [1.807, 2.05) is 36.6 Å². The van der Waals surface area contributed by atoms with Crippen LogP contribution in [0.2, 0.25) is 10.0 Å². The lowest BCUT2D eigenvalue weighted by atomic mass is 10.2. The number of nitrogens with one attached hydrogen (secondary N) is 1. The molecule has 4 nitrogen and oxygen atoms in total. The third-order valence-electron chi connectivity index (χ3n) is 3.41. The van der Waals surface area contributed by atoms with Gasteiger partial charge in [-0.3, -0.25) is 10.1 Å². The van der Waals surface area contributed by atoms with Gasteiger partial charge in [-0.25, -0.2) is 4.98 Å². The molecular weight excluding hydrogens is 379 g/mol. The number of benzene rings is 2. The van der Waals surface area contributed by atoms with E-state index in [0.29, 0.717) is 26.6 Å². The molecule has 0 spiro atoms. The molecule has 3 rings (SSSR count). The van der Waals surface area contributed by atoms with Gasteiger partial charge in [0.1, 0.15) is 5.75 Å². The van der Waals surface area contributed by atoms with Crippen molar-refractivity contribution in [1.29, 1.82) is 0 Å². The van der Waals surface area contributed by atoms with E-state index in [9.17, 15) is 4.79 Å². The Hall–Kier alpha value is -2.08. The number of carbonyl (C=O) groups is 1. The minimum Gasteiger partial charge on any atom is -0.483 e. The first-order valence-corrected chi connectivity index (χ1v) is 9.06. The molecule has 1 aromatic heterocycles. The Bertz CT molecular complexity index is 912. The first kappa shape index (κ1) is 17.7. The summed E-state index contributed by atoms with van der Waals surface area (Å²) in [4.78, 5) is 16.4. The van der Waals surface area contributed by atoms with Crippen LogP contribution in [0.3, 0.4) is 0 Å². The smallest absolute Gasteiger partial charge is 0.264 e. The highest BCUT2D eigenvalue weighted by molar-refractivity contribution is 7.14. The van der Waals surface area contributed by atoms with E-state index in [-0.39, 0.29) is 12.5 Å². The fourth-order valence-corrected chi connectivity index (χ4v) is 3.40. The maximum atomic E-state index is 12.0. The summed E-state index contributed by atoms with van der Waals surface area (Å²) in [6.45, 7) is 1.84. The van der Waals surface area contributed by atoms with Gasteiger partial charge in [0.05, 0.1) is 10.7 Å². The zero-order chi connectivity index (χ0) is 17.8. The summed E-state index contributed by atoms with van der Waals surface area (Å²) in [5.74, 6) is 0.414. The van der Waals surface area contributed by atoms with Crippen molar-refractivity contribution in [3.05, 3.63) is 63.5 Å². The molecule has 0 aliphatic rings. The van der Waals surface area contributed by atoms with Crippen molar-refractivity contribution >= 4 is 45.6 Å². The molecule has 0 atom stereocenters. The molecule has 0 unspecified atom stereocenters. The average molecular weight is 393 g/mol. The van der Waals surface area contributed by atoms with Gasteiger partial charge in [-0.1, -0.05) is 41.4 Å². The number of anilines is 1. The van der Waals surface area contributed by atoms with Gasteiger partial charge in [0.15, 0.2) is 11.7 Å². The van der Waals surface area contributed by atoms with Crippen molar-refractivity contribution in [3.8, 4) is 17.0 Å². The summed E-state index contributed by atoms with van der Waals surface area (Å²) in [5.41, 5.74) is 2.42. The number of rotatable bonds is 5. The normalized spacial score (nSPS) is 10.5. The number of para-hydroxylation sites is 1. The molecule has 3 aromatic rings. The molecule has 0 saturated heterocycles. The largest absolute Gasteiger partial charge is 0.483 e. The number of aromatic nitrogens is 1. The van der Waals surface area contributed by atoms with Crippen molar-refractivity contribution in [2.24, 2.45) is 0 Å². The summed E-state index contributed by atoms with van der Waals surface area (Å²) in [6.07, 6.45) is 0. The third kappa shape index (κ3) is 4.51. The lowest BCUT2D eigenvalue weighted by Crippen LogP contribution is -2.20. The van der Waals surface area contributed by atoms with Gasteiger partial charge in [-0.05, 0) is 36.8 Å². The lowest BCUT2D eigenvalue weighted by molar-refractivity contribution is -0.118. The van der Waals surface area contributed by atoms with Crippen LogP contribution >= 0.6 is 34.5 Å². The predicted molar refractivity (Wildman–Crippen MR) is 103 cm³/mol. The highest BCUT2D eigenvalue weighted by atomic mass is 35.5. The summed E-state index contributed by atoms with van der Waals surface area (Å²) in [6, 6.07) is 12.7. The van der Waals surface area contributed by atoms with Crippen LogP contribution in [0.15, 0.2) is 47.8 Å². The molecule has 0 aliphatic heterocycles. The van der Waals surface area contributed by atoms with E-state index in [1.54, 1.807) is 18.2 Å². The van der Waals surface area contributed by atoms with Crippen LogP contribution in [0, 0.1) is 6.92 Å². The van der Waals surface area contributed by atoms with Crippen LogP contribution in [-0.2, 0) is 4.79 Å². The Kier molecular flexibility index (Phi) is 5.58. The Morgan fingerprint density at radius 3 is 2.80 bits per heavy atom. The summed E-state index contributed by atoms with van der Waals surface area (Å²) >= 11 is 13.4. The van der Waals surface area contributed by atoms with E-state index < -0.39 is 0 Å². The third-order valence-corrected chi connectivity index (χ3v) is 4.72. The number of ether oxygens (including phenoxy) is 1. The van der Waals surface area contributed by atoms with Crippen LogP contribution in [0.4, 0.5) is 5.13 Å². The molecule has 1 amide bonds. The lowest BCUT2D eigenvalue weighted by Gasteiger charge is -2.08. The monoisotopic (exact) mass is 392 g/mol. The van der Waals surface area contributed by atoms with E-state index in [2.05, 4.69) is 10.3 Å². The average Bonchev–Trinajstić information content (AvgIpc) is 3.02. The molecule has 0 aliphatic carbocycles. The number of amides is 1. The minimum absolute atomic E-state index is 0.0819. The van der Waals surface area contributed by atoms with Crippen molar-refractivity contribution in [3.63, 3.8) is 0 Å². The predicted octanol–water partition coefficient (Wildman–Crippen LogP) is 5.44. The summed E-state index contributed by atoms with van der Waals surface area (Å²) in [5, 5.41) is 6.11. The first-order chi connectivity index (χ1) is 12.0. The second-order valence-electron chi connectivity index (χ2n) is 5.26. The van der Waals surface area contributed by atoms with Crippen molar-refractivity contribution in [1.82, 2.24) is 4.98 Å². The van der Waals surface area contributed by atoms with Gasteiger partial charge in [0, 0.05) is 16.0 Å². The molecule has 1 N–H and O–H groups in total. The van der Waals surface area contributed by atoms with Crippen LogP contribution in [-0.4, -0.2) is 17.5 Å². The van der Waals surface area contributed by atoms with E-state index >= 15 is 0 Å². The van der Waals surface area contributed by atoms with Gasteiger partial charge in [0.2, 0.25) is 0 Å². The Balaban J connectivity index is 1.63. The Morgan fingerprint density at radius 2 is 2.04 bits per heavy atom. The number of thiazole rings is 1. The Morgan fingerprint density at radius 1 is 1.24 bits per heavy atom. The maximum absolute atomic E-state index is 12.0. The number of aryl methyl sites for hydroxylation is 1. The van der Waals surface area contributed by atoms with Gasteiger partial charge < -0.3 is 4.74 Å². The molecule has 0 radical (unpaired) electrons. The van der Waals surface area contributed by atoms with E-state index in [0.717, 1.165) is 11.1 Å². The van der Waals surface area contributed by atoms with Crippen molar-refractivity contribution < 1.29 is 9.53 Å². The molecular formula is C18H14Cl2N2O2S. The minimum atomic E-state index is -0.272. The van der Waals surface area contributed by atoms with Gasteiger partial charge in [-0.2, -0.15) is 0 Å². The molecule has 1 heterocycles. The highest BCUT2D eigenvalue weighted by Gasteiger charge is 2.11. The quantitative estimate of drug-likeness (QED) is 0.628. The molecule has 25 heavy (non-hydrogen) atoms. The Labute approximate surface area is 159 Å². The SMILES string of the molecule is Cc1ccccc1OCC(=O)Nc1nc(-c2ccc(Cl)cc2Cl)cs1. The van der Waals surface area contributed by atoms with Gasteiger partial charge in [0.25, 0.3) is 5.91 Å². The summed E-state index contributed by atoms with van der Waals surface area (Å²) in [7, 11) is 0. The second kappa shape index (κ2) is 7.87.